The molecule has 0 spiro atoms. The smallest absolute Gasteiger partial charge is 0.261 e. The Morgan fingerprint density at radius 1 is 1.16 bits per heavy atom. The molecule has 32 heavy (non-hydrogen) atoms. The lowest BCUT2D eigenvalue weighted by atomic mass is 10.1. The number of nitrogens with one attached hydrogen (secondary N) is 2. The van der Waals surface area contributed by atoms with Crippen LogP contribution in [0.2, 0.25) is 0 Å². The number of aryl methyl sites for hydroxylation is 1. The summed E-state index contributed by atoms with van der Waals surface area (Å²) in [6.45, 7) is 7.66. The molecule has 2 N–H and O–H groups in total. The Kier molecular flexibility index (Phi) is 7.34. The SMILES string of the molecule is Cc1c(-c2ccccc2)sc2nc(NCCCC(=O)CCN3CCN(C)CC3)[nH]c(=O)c12. The molecule has 0 unspecified atom stereocenters. The molecule has 7 nitrogen and oxygen atoms in total. The number of benzene rings is 1. The van der Waals surface area contributed by atoms with Crippen LogP contribution >= 0.6 is 11.3 Å². The second-order valence-corrected chi connectivity index (χ2v) is 9.48. The number of rotatable bonds is 9. The molecule has 0 bridgehead atoms. The number of hydrogen-bond acceptors (Lipinski definition) is 7. The van der Waals surface area contributed by atoms with Crippen molar-refractivity contribution in [3.63, 3.8) is 0 Å². The number of likely N-dealkylation sites (N-methyl/N-ethyl adjacent to an activating group) is 1. The summed E-state index contributed by atoms with van der Waals surface area (Å²) < 4.78 is 0. The van der Waals surface area contributed by atoms with Gasteiger partial charge in [-0.25, -0.2) is 4.98 Å². The van der Waals surface area contributed by atoms with Crippen molar-refractivity contribution in [2.75, 3.05) is 51.6 Å². The van der Waals surface area contributed by atoms with Gasteiger partial charge in [0.2, 0.25) is 5.95 Å². The highest BCUT2D eigenvalue weighted by Gasteiger charge is 2.16. The average Bonchev–Trinajstić information content (AvgIpc) is 3.13. The third-order valence-corrected chi connectivity index (χ3v) is 7.30. The molecule has 8 heteroatoms. The minimum Gasteiger partial charge on any atom is -0.356 e. The number of anilines is 1. The monoisotopic (exact) mass is 453 g/mol. The summed E-state index contributed by atoms with van der Waals surface area (Å²) in [5.74, 6) is 0.761. The van der Waals surface area contributed by atoms with E-state index in [1.807, 2.05) is 37.3 Å². The zero-order chi connectivity index (χ0) is 22.5. The van der Waals surface area contributed by atoms with Crippen LogP contribution in [0.3, 0.4) is 0 Å². The van der Waals surface area contributed by atoms with Crippen molar-refractivity contribution in [1.82, 2.24) is 19.8 Å². The molecule has 0 amide bonds. The van der Waals surface area contributed by atoms with Gasteiger partial charge in [0.1, 0.15) is 10.6 Å². The molecule has 3 heterocycles. The number of hydrogen-bond donors (Lipinski definition) is 2. The van der Waals surface area contributed by atoms with Gasteiger partial charge in [-0.3, -0.25) is 14.6 Å². The molecule has 2 aromatic heterocycles. The molecule has 3 aromatic rings. The van der Waals surface area contributed by atoms with E-state index in [1.165, 1.54) is 11.3 Å². The fourth-order valence-electron chi connectivity index (χ4n) is 4.06. The minimum absolute atomic E-state index is 0.128. The van der Waals surface area contributed by atoms with Gasteiger partial charge in [-0.2, -0.15) is 0 Å². The van der Waals surface area contributed by atoms with Gasteiger partial charge in [0.25, 0.3) is 5.56 Å². The van der Waals surface area contributed by atoms with Gasteiger partial charge in [0, 0.05) is 57.0 Å². The molecule has 0 atom stereocenters. The van der Waals surface area contributed by atoms with Crippen molar-refractivity contribution in [3.8, 4) is 10.4 Å². The lowest BCUT2D eigenvalue weighted by molar-refractivity contribution is -0.119. The summed E-state index contributed by atoms with van der Waals surface area (Å²) in [5.41, 5.74) is 1.93. The first-order chi connectivity index (χ1) is 15.5. The Morgan fingerprint density at radius 2 is 1.91 bits per heavy atom. The Morgan fingerprint density at radius 3 is 2.66 bits per heavy atom. The number of ketones is 1. The first-order valence-electron chi connectivity index (χ1n) is 11.3. The van der Waals surface area contributed by atoms with E-state index in [0.29, 0.717) is 36.5 Å². The number of thiophene rings is 1. The summed E-state index contributed by atoms with van der Waals surface area (Å²) in [6.07, 6.45) is 1.88. The minimum atomic E-state index is -0.128. The van der Waals surface area contributed by atoms with Crippen LogP contribution in [0.5, 0.6) is 0 Å². The molecule has 1 aliphatic heterocycles. The number of aromatic amines is 1. The van der Waals surface area contributed by atoms with Crippen molar-refractivity contribution >= 4 is 33.3 Å². The van der Waals surface area contributed by atoms with Crippen molar-refractivity contribution in [2.24, 2.45) is 0 Å². The standard InChI is InChI=1S/C24H31N5O2S/c1-17-20-22(31)26-24(27-23(20)32-21(17)18-7-4-3-5-8-18)25-11-6-9-19(30)10-12-29-15-13-28(2)14-16-29/h3-5,7-8H,6,9-16H2,1-2H3,(H2,25,26,27,31). The molecule has 1 aliphatic rings. The maximum Gasteiger partial charge on any atom is 0.261 e. The number of aromatic nitrogens is 2. The molecule has 1 saturated heterocycles. The zero-order valence-electron chi connectivity index (χ0n) is 18.8. The Labute approximate surface area is 192 Å². The van der Waals surface area contributed by atoms with Gasteiger partial charge >= 0.3 is 0 Å². The second-order valence-electron chi connectivity index (χ2n) is 8.48. The zero-order valence-corrected chi connectivity index (χ0v) is 19.6. The van der Waals surface area contributed by atoms with Crippen LogP contribution in [-0.2, 0) is 4.79 Å². The predicted octanol–water partition coefficient (Wildman–Crippen LogP) is 3.36. The fourth-order valence-corrected chi connectivity index (χ4v) is 5.25. The van der Waals surface area contributed by atoms with E-state index in [0.717, 1.165) is 60.0 Å². The summed E-state index contributed by atoms with van der Waals surface area (Å²) in [6, 6.07) is 10.1. The highest BCUT2D eigenvalue weighted by Crippen LogP contribution is 2.35. The molecule has 4 rings (SSSR count). The predicted molar refractivity (Wildman–Crippen MR) is 132 cm³/mol. The maximum atomic E-state index is 12.7. The number of piperazine rings is 1. The molecule has 170 valence electrons. The number of H-pyrrole nitrogens is 1. The summed E-state index contributed by atoms with van der Waals surface area (Å²) >= 11 is 1.54. The molecule has 0 saturated carbocycles. The van der Waals surface area contributed by atoms with Crippen LogP contribution in [0.25, 0.3) is 20.7 Å². The van der Waals surface area contributed by atoms with Crippen LogP contribution in [-0.4, -0.2) is 71.9 Å². The molecule has 0 aliphatic carbocycles. The van der Waals surface area contributed by atoms with Crippen LogP contribution in [0.15, 0.2) is 35.1 Å². The van der Waals surface area contributed by atoms with Gasteiger partial charge in [0.05, 0.1) is 5.39 Å². The lowest BCUT2D eigenvalue weighted by Crippen LogP contribution is -2.45. The van der Waals surface area contributed by atoms with Crippen LogP contribution < -0.4 is 10.9 Å². The van der Waals surface area contributed by atoms with Crippen molar-refractivity contribution < 1.29 is 4.79 Å². The summed E-state index contributed by atoms with van der Waals surface area (Å²) in [5, 5.41) is 3.84. The van der Waals surface area contributed by atoms with Crippen LogP contribution in [0, 0.1) is 6.92 Å². The van der Waals surface area contributed by atoms with Gasteiger partial charge in [-0.15, -0.1) is 11.3 Å². The van der Waals surface area contributed by atoms with E-state index in [-0.39, 0.29) is 5.56 Å². The third kappa shape index (κ3) is 5.43. The molecular weight excluding hydrogens is 422 g/mol. The second kappa shape index (κ2) is 10.4. The van der Waals surface area contributed by atoms with Crippen LogP contribution in [0.1, 0.15) is 24.8 Å². The molecule has 0 radical (unpaired) electrons. The lowest BCUT2D eigenvalue weighted by Gasteiger charge is -2.32. The highest BCUT2D eigenvalue weighted by atomic mass is 32.1. The number of nitrogens with zero attached hydrogens (tertiary/aromatic N) is 3. The van der Waals surface area contributed by atoms with E-state index in [1.54, 1.807) is 0 Å². The largest absolute Gasteiger partial charge is 0.356 e. The van der Waals surface area contributed by atoms with Crippen molar-refractivity contribution in [2.45, 2.75) is 26.2 Å². The molecule has 1 fully saturated rings. The van der Waals surface area contributed by atoms with Crippen molar-refractivity contribution in [1.29, 1.82) is 0 Å². The fraction of sp³-hybridized carbons (Fsp3) is 0.458. The van der Waals surface area contributed by atoms with Gasteiger partial charge in [-0.1, -0.05) is 30.3 Å². The molecular formula is C24H31N5O2S. The maximum absolute atomic E-state index is 12.7. The number of carbonyl (C=O) groups is 1. The van der Waals surface area contributed by atoms with E-state index in [4.69, 9.17) is 0 Å². The number of fused-ring (bicyclic) bond motifs is 1. The van der Waals surface area contributed by atoms with Crippen LogP contribution in [0.4, 0.5) is 5.95 Å². The first-order valence-corrected chi connectivity index (χ1v) is 12.1. The summed E-state index contributed by atoms with van der Waals surface area (Å²) in [4.78, 5) is 38.9. The van der Waals surface area contributed by atoms with E-state index < -0.39 is 0 Å². The third-order valence-electron chi connectivity index (χ3n) is 6.06. The Hall–Kier alpha value is -2.55. The van der Waals surface area contributed by atoms with Gasteiger partial charge in [-0.05, 0) is 31.5 Å². The quantitative estimate of drug-likeness (QED) is 0.484. The van der Waals surface area contributed by atoms with Gasteiger partial charge < -0.3 is 15.1 Å². The van der Waals surface area contributed by atoms with E-state index in [9.17, 15) is 9.59 Å². The van der Waals surface area contributed by atoms with E-state index in [2.05, 4.69) is 32.1 Å². The number of carbonyl (C=O) groups excluding carboxylic acids is 1. The topological polar surface area (TPSA) is 81.3 Å². The normalized spacial score (nSPS) is 15.3. The first kappa shape index (κ1) is 22.6. The average molecular weight is 454 g/mol. The summed E-state index contributed by atoms with van der Waals surface area (Å²) in [7, 11) is 2.14. The van der Waals surface area contributed by atoms with E-state index >= 15 is 0 Å². The number of Topliss-reactive ketones (excluding diaryl/α,β-unsaturated/α-hetero) is 1. The Bertz CT molecular complexity index is 1120. The van der Waals surface area contributed by atoms with Gasteiger partial charge in [0.15, 0.2) is 0 Å². The highest BCUT2D eigenvalue weighted by molar-refractivity contribution is 7.22. The molecule has 1 aromatic carbocycles. The van der Waals surface area contributed by atoms with Crippen molar-refractivity contribution in [3.05, 3.63) is 46.2 Å². The Balaban J connectivity index is 1.29.